The van der Waals surface area contributed by atoms with Crippen molar-refractivity contribution in [3.63, 3.8) is 0 Å². The van der Waals surface area contributed by atoms with Crippen LogP contribution in [0.1, 0.15) is 154 Å². The first-order chi connectivity index (χ1) is 38.6. The van der Waals surface area contributed by atoms with Gasteiger partial charge >= 0.3 is 5.97 Å². The first-order valence-corrected chi connectivity index (χ1v) is 29.5. The maximum atomic E-state index is 15.5. The Morgan fingerprint density at radius 2 is 1.80 bits per heavy atom. The number of hydrogen-bond acceptors (Lipinski definition) is 15. The molecule has 4 bridgehead atoms. The Kier molecular flexibility index (Phi) is 13.2. The molecule has 422 valence electrons. The van der Waals surface area contributed by atoms with Gasteiger partial charge < -0.3 is 60.9 Å². The zero-order valence-corrected chi connectivity index (χ0v) is 46.1. The molecular weight excluding hydrogens is 1010 g/mol. The molecule has 1 aromatic heterocycles. The molecule has 0 spiro atoms. The van der Waals surface area contributed by atoms with Gasteiger partial charge in [-0.3, -0.25) is 10.1 Å². The number of nitrogens with one attached hydrogen (secondary N) is 3. The molecule has 3 aromatic carbocycles. The quantitative estimate of drug-likeness (QED) is 0.0598. The lowest BCUT2D eigenvalue weighted by Crippen LogP contribution is -2.59. The van der Waals surface area contributed by atoms with Crippen LogP contribution in [0.5, 0.6) is 17.2 Å². The molecule has 4 aliphatic heterocycles. The Bertz CT molecular complexity index is 3450. The van der Waals surface area contributed by atoms with E-state index in [0.29, 0.717) is 62.0 Å². The van der Waals surface area contributed by atoms with Crippen LogP contribution in [0, 0.1) is 23.7 Å². The number of hydrogen-bond donors (Lipinski definition) is 10. The van der Waals surface area contributed by atoms with Crippen LogP contribution in [0.4, 0.5) is 0 Å². The van der Waals surface area contributed by atoms with Crippen molar-refractivity contribution < 1.29 is 49.3 Å². The maximum absolute atomic E-state index is 15.5. The van der Waals surface area contributed by atoms with Crippen LogP contribution >= 0.6 is 0 Å². The normalized spacial score (nSPS) is 33.2. The number of carbonyl (C=O) groups is 1. The van der Waals surface area contributed by atoms with E-state index in [4.69, 9.17) is 19.6 Å². The molecule has 9 aliphatic rings. The summed E-state index contributed by atoms with van der Waals surface area (Å²) in [5.41, 5.74) is 12.5. The third-order valence-electron chi connectivity index (χ3n) is 20.8. The van der Waals surface area contributed by atoms with E-state index in [9.17, 15) is 35.4 Å². The van der Waals surface area contributed by atoms with Crippen molar-refractivity contribution in [3.05, 3.63) is 156 Å². The molecule has 15 nitrogen and oxygen atoms in total. The van der Waals surface area contributed by atoms with Gasteiger partial charge in [0.15, 0.2) is 5.43 Å². The second kappa shape index (κ2) is 20.0. The molecule has 4 aromatic rings. The molecule has 0 amide bonds. The largest absolute Gasteiger partial charge is 0.508 e. The molecule has 3 fully saturated rings. The molecule has 0 saturated heterocycles. The Labute approximate surface area is 466 Å². The van der Waals surface area contributed by atoms with E-state index in [0.717, 1.165) is 84.5 Å². The van der Waals surface area contributed by atoms with E-state index in [1.54, 1.807) is 25.1 Å². The zero-order valence-electron chi connectivity index (χ0n) is 46.1. The zero-order chi connectivity index (χ0) is 55.6. The van der Waals surface area contributed by atoms with Crippen molar-refractivity contribution in [2.45, 2.75) is 164 Å². The number of allylic oxidation sites excluding steroid dienone is 5. The van der Waals surface area contributed by atoms with Gasteiger partial charge in [0.1, 0.15) is 58.1 Å². The van der Waals surface area contributed by atoms with Gasteiger partial charge in [-0.05, 0) is 196 Å². The number of aliphatic hydroxyl groups excluding tert-OH is 2. The highest BCUT2D eigenvalue weighted by atomic mass is 16.6. The van der Waals surface area contributed by atoms with Crippen LogP contribution in [0.15, 0.2) is 110 Å². The molecule has 12 unspecified atom stereocenters. The summed E-state index contributed by atoms with van der Waals surface area (Å²) in [5.74, 6) is -2.82. The summed E-state index contributed by atoms with van der Waals surface area (Å²) in [6.07, 6.45) is 15.8. The third kappa shape index (κ3) is 8.29. The van der Waals surface area contributed by atoms with Gasteiger partial charge in [0.2, 0.25) is 0 Å². The fourth-order valence-electron chi connectivity index (χ4n) is 17.0. The number of carbonyl (C=O) groups excluding carboxylic acids is 1. The average molecular weight is 1090 g/mol. The summed E-state index contributed by atoms with van der Waals surface area (Å²) >= 11 is 0. The van der Waals surface area contributed by atoms with Gasteiger partial charge in [0.05, 0.1) is 29.5 Å². The summed E-state index contributed by atoms with van der Waals surface area (Å²) in [7, 11) is 0. The van der Waals surface area contributed by atoms with Gasteiger partial charge in [-0.1, -0.05) is 43.3 Å². The number of aliphatic hydroxyl groups is 4. The maximum Gasteiger partial charge on any atom is 0.337 e. The van der Waals surface area contributed by atoms with E-state index < -0.39 is 71.0 Å². The van der Waals surface area contributed by atoms with Crippen LogP contribution in [-0.2, 0) is 41.0 Å². The Morgan fingerprint density at radius 3 is 2.60 bits per heavy atom. The highest BCUT2D eigenvalue weighted by Crippen LogP contribution is 2.62. The molecule has 0 radical (unpaired) electrons. The summed E-state index contributed by atoms with van der Waals surface area (Å²) in [6.45, 7) is 5.89. The molecule has 5 heterocycles. The molecule has 12 atom stereocenters. The summed E-state index contributed by atoms with van der Waals surface area (Å²) in [4.78, 5) is 30.1. The predicted octanol–water partition coefficient (Wildman–Crippen LogP) is 7.78. The number of fused-ring (bicyclic) bond motifs is 12. The lowest BCUT2D eigenvalue weighted by atomic mass is 9.61. The van der Waals surface area contributed by atoms with E-state index in [2.05, 4.69) is 59.4 Å². The van der Waals surface area contributed by atoms with E-state index >= 15 is 4.79 Å². The minimum atomic E-state index is -1.55. The van der Waals surface area contributed by atoms with Crippen LogP contribution in [-0.4, -0.2) is 79.8 Å². The Balaban J connectivity index is 0.989. The standard InChI is InChI=1S/C65H76N4O11/c1-4-48(64(76)21-18-37(29-64)35-9-8-34-10-14-39-7-6-20-65(39,77)49(34)23-35)62(75)79-52-28-46-58(74)56-51(73)27-41(31-70)78-60(56)57-54-44-19-22-68-61(66)55(44)43(17-12-33-11-15-40(72)26-45(33)47(54)32-71)42-16-13-36-25-53(67-5-2)69-30-38(36)24-50(42)63(52,3)80-59(46)57/h4,8-9,11,15,19,23,25-27,30,37,39,42-43,47,50,52-54,67-72,74,76-77H,5-7,10,12-14,16-18,20-22,24,28-29,31-32,66H2,1-3H3. The van der Waals surface area contributed by atoms with E-state index in [-0.39, 0.29) is 82.0 Å². The number of phenols is 2. The van der Waals surface area contributed by atoms with Gasteiger partial charge in [-0.2, -0.15) is 0 Å². The molecule has 15 heteroatoms. The predicted molar refractivity (Wildman–Crippen MR) is 301 cm³/mol. The minimum absolute atomic E-state index is 0.0175. The third-order valence-corrected chi connectivity index (χ3v) is 20.8. The molecule has 80 heavy (non-hydrogen) atoms. The molecule has 3 saturated carbocycles. The smallest absolute Gasteiger partial charge is 0.337 e. The fraction of sp³-hybridized carbons (Fsp3) is 0.508. The number of nitrogens with two attached hydrogens (primary N) is 1. The van der Waals surface area contributed by atoms with Crippen molar-refractivity contribution in [3.8, 4) is 17.2 Å². The lowest BCUT2D eigenvalue weighted by Gasteiger charge is -2.52. The molecule has 13 rings (SSSR count). The van der Waals surface area contributed by atoms with Crippen molar-refractivity contribution in [1.82, 2.24) is 16.0 Å². The number of phenolic OH excluding ortho intramolecular Hbond substituents is 2. The van der Waals surface area contributed by atoms with Crippen molar-refractivity contribution in [2.24, 2.45) is 29.4 Å². The fourth-order valence-corrected chi connectivity index (χ4v) is 17.0. The average Bonchev–Trinajstić information content (AvgIpc) is 4.11. The molecule has 11 N–H and O–H groups in total. The summed E-state index contributed by atoms with van der Waals surface area (Å²) in [5, 5.41) is 82.0. The van der Waals surface area contributed by atoms with E-state index in [1.165, 1.54) is 11.1 Å². The van der Waals surface area contributed by atoms with Crippen LogP contribution in [0.25, 0.3) is 11.0 Å². The molecule has 5 aliphatic carbocycles. The Morgan fingerprint density at radius 1 is 0.975 bits per heavy atom. The number of aryl methyl sites for hydroxylation is 2. The van der Waals surface area contributed by atoms with Crippen LogP contribution in [0.3, 0.4) is 0 Å². The summed E-state index contributed by atoms with van der Waals surface area (Å²) < 4.78 is 21.4. The van der Waals surface area contributed by atoms with Crippen molar-refractivity contribution in [2.75, 3.05) is 19.7 Å². The number of rotatable bonds is 8. The van der Waals surface area contributed by atoms with Crippen LogP contribution in [0.2, 0.25) is 0 Å². The highest BCUT2D eigenvalue weighted by Gasteiger charge is 2.59. The second-order valence-corrected chi connectivity index (χ2v) is 24.8. The van der Waals surface area contributed by atoms with Gasteiger partial charge in [0.25, 0.3) is 0 Å². The monoisotopic (exact) mass is 1090 g/mol. The van der Waals surface area contributed by atoms with Crippen molar-refractivity contribution in [1.29, 1.82) is 0 Å². The number of ether oxygens (including phenoxy) is 2. The SMILES string of the molecule is CC=C(C(=O)OC1Cc2c3c(c4oc(CO)cc(=O)c4c2O)C2C4=CCNC(N)=C4C(CCc4ccc(O)cc4C2CO)C2CCC4=CC(NCC)NC=C4CC2C1(C)O3)C1(O)CCC(c2ccc3c(c2)C2(O)CCCC2CC3)C1. The number of likely N-dealkylation sites (N-methyl/N-ethyl adjacent to an activating group) is 1. The first-order valence-electron chi connectivity index (χ1n) is 29.5. The lowest BCUT2D eigenvalue weighted by molar-refractivity contribution is -0.171. The van der Waals surface area contributed by atoms with E-state index in [1.807, 2.05) is 13.0 Å². The number of dihydropyridines is 2. The van der Waals surface area contributed by atoms with Gasteiger partial charge in [-0.25, -0.2) is 4.79 Å². The number of esters is 1. The molecular formula is C65H76N4O11. The van der Waals surface area contributed by atoms with Crippen LogP contribution < -0.4 is 31.8 Å². The summed E-state index contributed by atoms with van der Waals surface area (Å²) in [6, 6.07) is 12.9. The van der Waals surface area contributed by atoms with Gasteiger partial charge in [-0.15, -0.1) is 0 Å². The minimum Gasteiger partial charge on any atom is -0.508 e. The first kappa shape index (κ1) is 53.0. The highest BCUT2D eigenvalue weighted by molar-refractivity contribution is 5.93. The Hall–Kier alpha value is -6.36. The van der Waals surface area contributed by atoms with Crippen molar-refractivity contribution >= 4 is 16.9 Å². The second-order valence-electron chi connectivity index (χ2n) is 24.8. The number of aromatic hydroxyl groups is 2. The van der Waals surface area contributed by atoms with Gasteiger partial charge in [0, 0.05) is 54.1 Å². The topological polar surface area (TPSA) is 249 Å². The number of benzene rings is 3.